The molecular formula is C17H26O4. The number of hydrogen-bond donors (Lipinski definition) is 1. The first-order valence-electron chi connectivity index (χ1n) is 7.58. The summed E-state index contributed by atoms with van der Waals surface area (Å²) in [4.78, 5) is 11.3. The fraction of sp³-hybridized carbons (Fsp3) is 0.588. The number of carbonyl (C=O) groups excluding carboxylic acids is 1. The summed E-state index contributed by atoms with van der Waals surface area (Å²) in [7, 11) is 0. The van der Waals surface area contributed by atoms with Crippen molar-refractivity contribution >= 4 is 5.97 Å². The van der Waals surface area contributed by atoms with Crippen LogP contribution in [0.25, 0.3) is 0 Å². The third kappa shape index (κ3) is 7.83. The summed E-state index contributed by atoms with van der Waals surface area (Å²) in [5.41, 5.74) is 1.13. The van der Waals surface area contributed by atoms with Crippen LogP contribution in [0.5, 0.6) is 0 Å². The van der Waals surface area contributed by atoms with Crippen LogP contribution in [0.2, 0.25) is 0 Å². The van der Waals surface area contributed by atoms with Crippen molar-refractivity contribution in [3.63, 3.8) is 0 Å². The maximum Gasteiger partial charge on any atom is 0.305 e. The van der Waals surface area contributed by atoms with E-state index in [0.717, 1.165) is 5.56 Å². The van der Waals surface area contributed by atoms with Crippen molar-refractivity contribution in [1.29, 1.82) is 0 Å². The second-order valence-electron chi connectivity index (χ2n) is 5.22. The van der Waals surface area contributed by atoms with Gasteiger partial charge in [0.15, 0.2) is 0 Å². The zero-order valence-electron chi connectivity index (χ0n) is 13.0. The van der Waals surface area contributed by atoms with E-state index in [0.29, 0.717) is 39.1 Å². The van der Waals surface area contributed by atoms with Gasteiger partial charge < -0.3 is 14.6 Å². The van der Waals surface area contributed by atoms with E-state index in [1.54, 1.807) is 6.92 Å². The first kappa shape index (κ1) is 17.7. The minimum Gasteiger partial charge on any atom is -0.466 e. The summed E-state index contributed by atoms with van der Waals surface area (Å²) in [6.07, 6.45) is 1.13. The molecule has 0 aliphatic rings. The lowest BCUT2D eigenvalue weighted by Gasteiger charge is -2.18. The molecule has 1 aromatic rings. The van der Waals surface area contributed by atoms with Crippen LogP contribution in [0, 0.1) is 5.92 Å². The average molecular weight is 294 g/mol. The van der Waals surface area contributed by atoms with Crippen molar-refractivity contribution in [2.24, 2.45) is 5.92 Å². The van der Waals surface area contributed by atoms with Gasteiger partial charge in [0.2, 0.25) is 0 Å². The largest absolute Gasteiger partial charge is 0.466 e. The first-order chi connectivity index (χ1) is 10.1. The molecule has 0 bridgehead atoms. The highest BCUT2D eigenvalue weighted by Gasteiger charge is 2.15. The predicted molar refractivity (Wildman–Crippen MR) is 81.8 cm³/mol. The Morgan fingerprint density at radius 2 is 1.95 bits per heavy atom. The van der Waals surface area contributed by atoms with Gasteiger partial charge in [0.05, 0.1) is 19.3 Å². The van der Waals surface area contributed by atoms with Crippen molar-refractivity contribution in [1.82, 2.24) is 0 Å². The van der Waals surface area contributed by atoms with E-state index in [4.69, 9.17) is 9.47 Å². The van der Waals surface area contributed by atoms with Gasteiger partial charge in [0.1, 0.15) is 0 Å². The number of aliphatic hydroxyl groups is 1. The Hall–Kier alpha value is -1.39. The predicted octanol–water partition coefficient (Wildman–Crippen LogP) is 2.93. The number of carbonyl (C=O) groups is 1. The number of benzene rings is 1. The lowest BCUT2D eigenvalue weighted by molar-refractivity contribution is -0.143. The minimum atomic E-state index is -0.449. The minimum absolute atomic E-state index is 0.0646. The molecule has 0 aliphatic heterocycles. The van der Waals surface area contributed by atoms with Crippen LogP contribution in [0.1, 0.15) is 38.7 Å². The molecule has 0 fully saturated rings. The first-order valence-corrected chi connectivity index (χ1v) is 7.58. The summed E-state index contributed by atoms with van der Waals surface area (Å²) >= 11 is 0. The van der Waals surface area contributed by atoms with Gasteiger partial charge in [-0.05, 0) is 31.2 Å². The van der Waals surface area contributed by atoms with E-state index in [1.165, 1.54) is 0 Å². The topological polar surface area (TPSA) is 55.8 Å². The highest BCUT2D eigenvalue weighted by Crippen LogP contribution is 2.14. The third-order valence-corrected chi connectivity index (χ3v) is 3.44. The number of rotatable bonds is 10. The molecule has 0 radical (unpaired) electrons. The number of ether oxygens (including phenoxy) is 2. The zero-order chi connectivity index (χ0) is 15.5. The Labute approximate surface area is 127 Å². The summed E-state index contributed by atoms with van der Waals surface area (Å²) in [6.45, 7) is 5.22. The summed E-state index contributed by atoms with van der Waals surface area (Å²) in [5.74, 6) is -0.133. The van der Waals surface area contributed by atoms with Crippen LogP contribution >= 0.6 is 0 Å². The fourth-order valence-corrected chi connectivity index (χ4v) is 2.02. The van der Waals surface area contributed by atoms with Gasteiger partial charge >= 0.3 is 5.97 Å². The number of esters is 1. The van der Waals surface area contributed by atoms with Gasteiger partial charge in [0.25, 0.3) is 0 Å². The molecular weight excluding hydrogens is 268 g/mol. The van der Waals surface area contributed by atoms with Gasteiger partial charge in [0, 0.05) is 13.0 Å². The molecule has 0 spiro atoms. The molecule has 0 heterocycles. The van der Waals surface area contributed by atoms with Crippen molar-refractivity contribution in [2.45, 2.75) is 45.8 Å². The van der Waals surface area contributed by atoms with Crippen LogP contribution in [0.4, 0.5) is 0 Å². The Bertz CT molecular complexity index is 391. The van der Waals surface area contributed by atoms with Crippen LogP contribution in [-0.4, -0.2) is 30.4 Å². The van der Waals surface area contributed by atoms with E-state index in [1.807, 2.05) is 37.3 Å². The monoisotopic (exact) mass is 294 g/mol. The maximum absolute atomic E-state index is 11.3. The van der Waals surface area contributed by atoms with E-state index in [-0.39, 0.29) is 11.9 Å². The Morgan fingerprint density at radius 1 is 1.24 bits per heavy atom. The lowest BCUT2D eigenvalue weighted by Crippen LogP contribution is -2.21. The molecule has 4 heteroatoms. The molecule has 21 heavy (non-hydrogen) atoms. The normalized spacial score (nSPS) is 13.7. The molecule has 4 nitrogen and oxygen atoms in total. The Kier molecular flexibility index (Phi) is 8.71. The maximum atomic E-state index is 11.3. The van der Waals surface area contributed by atoms with Crippen LogP contribution < -0.4 is 0 Å². The molecule has 2 atom stereocenters. The van der Waals surface area contributed by atoms with Gasteiger partial charge in [-0.3, -0.25) is 4.79 Å². The number of aliphatic hydroxyl groups excluding tert-OH is 1. The molecule has 1 aromatic carbocycles. The smallest absolute Gasteiger partial charge is 0.305 e. The van der Waals surface area contributed by atoms with E-state index in [2.05, 4.69) is 0 Å². The molecule has 0 aliphatic carbocycles. The summed E-state index contributed by atoms with van der Waals surface area (Å²) in [5, 5.41) is 10.0. The van der Waals surface area contributed by atoms with Crippen molar-refractivity contribution in [3.05, 3.63) is 35.9 Å². The van der Waals surface area contributed by atoms with E-state index in [9.17, 15) is 9.90 Å². The second-order valence-corrected chi connectivity index (χ2v) is 5.22. The molecule has 0 amide bonds. The Morgan fingerprint density at radius 3 is 2.62 bits per heavy atom. The van der Waals surface area contributed by atoms with Crippen molar-refractivity contribution in [2.75, 3.05) is 13.2 Å². The van der Waals surface area contributed by atoms with Crippen LogP contribution in [0.3, 0.4) is 0 Å². The average Bonchev–Trinajstić information content (AvgIpc) is 2.50. The van der Waals surface area contributed by atoms with Crippen molar-refractivity contribution < 1.29 is 19.4 Å². The summed E-state index contributed by atoms with van der Waals surface area (Å²) in [6, 6.07) is 9.95. The highest BCUT2D eigenvalue weighted by atomic mass is 16.5. The molecule has 0 unspecified atom stereocenters. The van der Waals surface area contributed by atoms with Gasteiger partial charge in [-0.1, -0.05) is 37.3 Å². The van der Waals surface area contributed by atoms with Crippen LogP contribution in [0.15, 0.2) is 30.3 Å². The number of hydrogen-bond acceptors (Lipinski definition) is 4. The van der Waals surface area contributed by atoms with Crippen LogP contribution in [-0.2, 0) is 20.9 Å². The van der Waals surface area contributed by atoms with E-state index < -0.39 is 6.10 Å². The molecule has 1 N–H and O–H groups in total. The van der Waals surface area contributed by atoms with Crippen molar-refractivity contribution in [3.8, 4) is 0 Å². The molecule has 0 saturated carbocycles. The van der Waals surface area contributed by atoms with E-state index >= 15 is 0 Å². The quantitative estimate of drug-likeness (QED) is 0.532. The molecule has 0 saturated heterocycles. The lowest BCUT2D eigenvalue weighted by atomic mass is 9.97. The fourth-order valence-electron chi connectivity index (χ4n) is 2.02. The SMILES string of the molecule is CCOC(=O)CC[C@H](C)[C@@H](O)CCOCc1ccccc1. The third-order valence-electron chi connectivity index (χ3n) is 3.44. The highest BCUT2D eigenvalue weighted by molar-refractivity contribution is 5.69. The molecule has 1 rings (SSSR count). The Balaban J connectivity index is 2.12. The van der Waals surface area contributed by atoms with Gasteiger partial charge in [-0.15, -0.1) is 0 Å². The standard InChI is InChI=1S/C17H26O4/c1-3-21-17(19)10-9-14(2)16(18)11-12-20-13-15-7-5-4-6-8-15/h4-8,14,16,18H,3,9-13H2,1-2H3/t14-,16-/m0/s1. The molecule has 0 aromatic heterocycles. The molecule has 118 valence electrons. The van der Waals surface area contributed by atoms with Gasteiger partial charge in [-0.2, -0.15) is 0 Å². The second kappa shape index (κ2) is 10.4. The summed E-state index contributed by atoms with van der Waals surface area (Å²) < 4.78 is 10.4. The zero-order valence-corrected chi connectivity index (χ0v) is 13.0. The van der Waals surface area contributed by atoms with Gasteiger partial charge in [-0.25, -0.2) is 0 Å².